The van der Waals surface area contributed by atoms with Gasteiger partial charge in [0.1, 0.15) is 0 Å². The Morgan fingerprint density at radius 3 is 1.50 bits per heavy atom. The molecule has 0 bridgehead atoms. The van der Waals surface area contributed by atoms with Crippen LogP contribution in [0.15, 0.2) is 49.7 Å². The van der Waals surface area contributed by atoms with Gasteiger partial charge < -0.3 is 9.80 Å². The van der Waals surface area contributed by atoms with Gasteiger partial charge >= 0.3 is 0 Å². The van der Waals surface area contributed by atoms with E-state index < -0.39 is 0 Å². The van der Waals surface area contributed by atoms with Crippen LogP contribution in [0.2, 0.25) is 0 Å². The number of aryl methyl sites for hydroxylation is 2. The number of carbonyl (C=O) groups is 2. The zero-order chi connectivity index (χ0) is 39.0. The molecular formula is C42H78N8O2. The van der Waals surface area contributed by atoms with E-state index in [1.807, 2.05) is 35.6 Å². The zero-order valence-electron chi connectivity index (χ0n) is 34.8. The van der Waals surface area contributed by atoms with Crippen LogP contribution in [0.5, 0.6) is 0 Å². The first kappa shape index (κ1) is 48.7. The maximum absolute atomic E-state index is 11.6. The van der Waals surface area contributed by atoms with Crippen molar-refractivity contribution < 1.29 is 9.59 Å². The third-order valence-corrected chi connectivity index (χ3v) is 8.63. The molecule has 0 radical (unpaired) electrons. The second-order valence-electron chi connectivity index (χ2n) is 15.5. The van der Waals surface area contributed by atoms with Gasteiger partial charge in [0, 0.05) is 57.5 Å². The van der Waals surface area contributed by atoms with Crippen LogP contribution in [0.4, 0.5) is 0 Å². The lowest BCUT2D eigenvalue weighted by atomic mass is 9.86. The lowest BCUT2D eigenvalue weighted by Crippen LogP contribution is -2.38. The molecule has 2 aliphatic heterocycles. The Balaban J connectivity index is 0.000000652. The van der Waals surface area contributed by atoms with E-state index in [1.165, 1.54) is 82.6 Å². The van der Waals surface area contributed by atoms with E-state index in [-0.39, 0.29) is 5.91 Å². The van der Waals surface area contributed by atoms with Gasteiger partial charge in [-0.15, -0.1) is 16.8 Å². The number of hydrogen-bond donors (Lipinski definition) is 0. The topological polar surface area (TPSA) is 102 Å². The third-order valence-electron chi connectivity index (χ3n) is 8.63. The van der Waals surface area contributed by atoms with Crippen molar-refractivity contribution in [2.45, 2.75) is 190 Å². The molecule has 0 N–H and O–H groups in total. The van der Waals surface area contributed by atoms with Crippen LogP contribution >= 0.6 is 0 Å². The molecule has 0 aliphatic carbocycles. The van der Waals surface area contributed by atoms with Gasteiger partial charge in [0.05, 0.1) is 12.4 Å². The van der Waals surface area contributed by atoms with E-state index >= 15 is 0 Å². The fourth-order valence-corrected chi connectivity index (χ4v) is 5.91. The normalized spacial score (nSPS) is 14.2. The molecule has 2 amide bonds. The minimum Gasteiger partial charge on any atom is -0.340 e. The summed E-state index contributed by atoms with van der Waals surface area (Å²) in [6, 6.07) is 0.463. The predicted octanol–water partition coefficient (Wildman–Crippen LogP) is 10.4. The fraction of sp³-hybridized carbons (Fsp3) is 0.762. The van der Waals surface area contributed by atoms with E-state index in [2.05, 4.69) is 80.2 Å². The molecular weight excluding hydrogens is 649 g/mol. The molecule has 4 heterocycles. The molecule has 4 rings (SSSR count). The number of likely N-dealkylation sites (tertiary alicyclic amines) is 2. The SMILES string of the molecule is C=C(C)C.C=CN1CCCC1=O.CCC(CC(C)(C)C)N1CCCC1=O.CCCCCCCCn1ccnn1.CCCCCCCCn1ccnn1. The Labute approximate surface area is 318 Å². The summed E-state index contributed by atoms with van der Waals surface area (Å²) in [7, 11) is 0. The van der Waals surface area contributed by atoms with Crippen molar-refractivity contribution in [1.82, 2.24) is 39.8 Å². The number of unbranched alkanes of at least 4 members (excludes halogenated alkanes) is 10. The molecule has 0 spiro atoms. The van der Waals surface area contributed by atoms with E-state index in [0.717, 1.165) is 58.3 Å². The highest BCUT2D eigenvalue weighted by Gasteiger charge is 2.29. The number of amides is 2. The highest BCUT2D eigenvalue weighted by Crippen LogP contribution is 2.27. The molecule has 1 unspecified atom stereocenters. The van der Waals surface area contributed by atoms with Crippen molar-refractivity contribution in [2.75, 3.05) is 13.1 Å². The number of hydrogen-bond acceptors (Lipinski definition) is 6. The van der Waals surface area contributed by atoms with Crippen LogP contribution in [0.25, 0.3) is 0 Å². The van der Waals surface area contributed by atoms with Crippen LogP contribution in [-0.4, -0.2) is 70.7 Å². The first-order valence-electron chi connectivity index (χ1n) is 20.4. The first-order valence-corrected chi connectivity index (χ1v) is 20.4. The van der Waals surface area contributed by atoms with Crippen molar-refractivity contribution in [3.05, 3.63) is 49.7 Å². The second kappa shape index (κ2) is 31.2. The molecule has 0 aromatic carbocycles. The summed E-state index contributed by atoms with van der Waals surface area (Å²) in [5.41, 5.74) is 1.49. The molecule has 2 aromatic rings. The van der Waals surface area contributed by atoms with Gasteiger partial charge in [0.15, 0.2) is 0 Å². The summed E-state index contributed by atoms with van der Waals surface area (Å²) < 4.78 is 3.81. The van der Waals surface area contributed by atoms with Crippen molar-refractivity contribution >= 4 is 11.8 Å². The van der Waals surface area contributed by atoms with Crippen LogP contribution in [0.3, 0.4) is 0 Å². The number of rotatable bonds is 18. The minimum atomic E-state index is 0.208. The summed E-state index contributed by atoms with van der Waals surface area (Å²) in [5.74, 6) is 0.570. The van der Waals surface area contributed by atoms with Crippen LogP contribution in [-0.2, 0) is 22.7 Å². The summed E-state index contributed by atoms with van der Waals surface area (Å²) in [5, 5.41) is 15.4. The molecule has 10 nitrogen and oxygen atoms in total. The smallest absolute Gasteiger partial charge is 0.226 e. The summed E-state index contributed by atoms with van der Waals surface area (Å²) in [6.45, 7) is 28.3. The molecule has 2 aliphatic rings. The first-order chi connectivity index (χ1) is 24.9. The van der Waals surface area contributed by atoms with Crippen molar-refractivity contribution in [3.63, 3.8) is 0 Å². The quantitative estimate of drug-likeness (QED) is 0.112. The van der Waals surface area contributed by atoms with Gasteiger partial charge in [-0.25, -0.2) is 0 Å². The predicted molar refractivity (Wildman–Crippen MR) is 218 cm³/mol. The Hall–Kier alpha value is -3.30. The molecule has 1 atom stereocenters. The molecule has 0 saturated carbocycles. The van der Waals surface area contributed by atoms with Crippen LogP contribution in [0, 0.1) is 5.41 Å². The van der Waals surface area contributed by atoms with Gasteiger partial charge in [-0.1, -0.05) is 128 Å². The van der Waals surface area contributed by atoms with E-state index in [4.69, 9.17) is 0 Å². The summed E-state index contributed by atoms with van der Waals surface area (Å²) in [4.78, 5) is 26.0. The Morgan fingerprint density at radius 1 is 0.750 bits per heavy atom. The number of carbonyl (C=O) groups excluding carboxylic acids is 2. The van der Waals surface area contributed by atoms with Gasteiger partial charge in [0.25, 0.3) is 0 Å². The Morgan fingerprint density at radius 2 is 1.19 bits per heavy atom. The monoisotopic (exact) mass is 727 g/mol. The van der Waals surface area contributed by atoms with Crippen molar-refractivity contribution in [3.8, 4) is 0 Å². The minimum absolute atomic E-state index is 0.208. The molecule has 52 heavy (non-hydrogen) atoms. The fourth-order valence-electron chi connectivity index (χ4n) is 5.91. The van der Waals surface area contributed by atoms with Gasteiger partial charge in [0.2, 0.25) is 11.8 Å². The average molecular weight is 727 g/mol. The lowest BCUT2D eigenvalue weighted by molar-refractivity contribution is -0.130. The highest BCUT2D eigenvalue weighted by molar-refractivity contribution is 5.79. The van der Waals surface area contributed by atoms with Crippen molar-refractivity contribution in [1.29, 1.82) is 0 Å². The molecule has 10 heteroatoms. The maximum atomic E-state index is 11.6. The summed E-state index contributed by atoms with van der Waals surface area (Å²) >= 11 is 0. The van der Waals surface area contributed by atoms with Gasteiger partial charge in [-0.05, 0) is 64.0 Å². The molecule has 2 fully saturated rings. The largest absolute Gasteiger partial charge is 0.340 e. The number of allylic oxidation sites excluding steroid dienone is 1. The molecule has 298 valence electrons. The third kappa shape index (κ3) is 27.4. The second-order valence-corrected chi connectivity index (χ2v) is 15.5. The Kier molecular flexibility index (Phi) is 29.3. The van der Waals surface area contributed by atoms with Gasteiger partial charge in [-0.3, -0.25) is 19.0 Å². The molecule has 2 saturated heterocycles. The zero-order valence-corrected chi connectivity index (χ0v) is 34.8. The maximum Gasteiger partial charge on any atom is 0.226 e. The summed E-state index contributed by atoms with van der Waals surface area (Å²) in [6.07, 6.45) is 30.6. The van der Waals surface area contributed by atoms with Crippen molar-refractivity contribution in [2.24, 2.45) is 5.41 Å². The Bertz CT molecular complexity index is 1090. The van der Waals surface area contributed by atoms with E-state index in [9.17, 15) is 9.59 Å². The average Bonchev–Trinajstić information content (AvgIpc) is 3.94. The van der Waals surface area contributed by atoms with Gasteiger partial charge in [-0.2, -0.15) is 0 Å². The molecule has 2 aromatic heterocycles. The standard InChI is InChI=1S/C12H23NO.2C10H19N3.C6H9NO.C4H8/c1-5-10(9-12(2,3)4)13-8-6-7-11(13)14;2*1-2-3-4-5-6-7-9-13-10-8-11-12-13;1-2-7-5-3-4-6(7)8;1-4(2)3/h10H,5-9H2,1-4H3;2*8,10H,2-7,9H2,1H3;2H,1,3-5H2;1H2,2-3H3. The number of aromatic nitrogens is 6. The lowest BCUT2D eigenvalue weighted by Gasteiger charge is -2.32. The van der Waals surface area contributed by atoms with E-state index in [1.54, 1.807) is 23.5 Å². The van der Waals surface area contributed by atoms with E-state index in [0.29, 0.717) is 23.8 Å². The van der Waals surface area contributed by atoms with Crippen LogP contribution < -0.4 is 0 Å². The number of nitrogens with zero attached hydrogens (tertiary/aromatic N) is 8. The van der Waals surface area contributed by atoms with Crippen LogP contribution in [0.1, 0.15) is 171 Å². The highest BCUT2D eigenvalue weighted by atomic mass is 16.2.